The Kier molecular flexibility index (Phi) is 7.66. The highest BCUT2D eigenvalue weighted by molar-refractivity contribution is 5.65. The molecule has 0 spiro atoms. The van der Waals surface area contributed by atoms with Gasteiger partial charge in [0.25, 0.3) is 0 Å². The summed E-state index contributed by atoms with van der Waals surface area (Å²) in [4.78, 5) is 4.26. The van der Waals surface area contributed by atoms with Crippen LogP contribution in [0.25, 0.3) is 28.5 Å². The molecule has 1 heterocycles. The van der Waals surface area contributed by atoms with Gasteiger partial charge in [0.05, 0.1) is 12.3 Å². The molecule has 0 aliphatic heterocycles. The van der Waals surface area contributed by atoms with E-state index in [1.807, 2.05) is 62.4 Å². The fraction of sp³-hybridized carbons (Fsp3) is 0.167. The first kappa shape index (κ1) is 24.3. The van der Waals surface area contributed by atoms with Gasteiger partial charge in [-0.15, -0.1) is 0 Å². The van der Waals surface area contributed by atoms with Crippen molar-refractivity contribution in [2.45, 2.75) is 26.7 Å². The first-order chi connectivity index (χ1) is 17.0. The van der Waals surface area contributed by atoms with Gasteiger partial charge in [0.15, 0.2) is 23.2 Å². The van der Waals surface area contributed by atoms with Crippen molar-refractivity contribution >= 4 is 6.08 Å². The fourth-order valence-corrected chi connectivity index (χ4v) is 3.93. The smallest absolute Gasteiger partial charge is 0.168 e. The van der Waals surface area contributed by atoms with E-state index < -0.39 is 17.5 Å². The van der Waals surface area contributed by atoms with E-state index in [2.05, 4.69) is 4.98 Å². The molecule has 0 aliphatic rings. The van der Waals surface area contributed by atoms with E-state index >= 15 is 0 Å². The van der Waals surface area contributed by atoms with Gasteiger partial charge in [0, 0.05) is 11.8 Å². The second kappa shape index (κ2) is 11.0. The first-order valence-corrected chi connectivity index (χ1v) is 11.6. The number of aryl methyl sites for hydroxylation is 2. The summed E-state index contributed by atoms with van der Waals surface area (Å²) in [5.41, 5.74) is 4.33. The van der Waals surface area contributed by atoms with Gasteiger partial charge in [-0.1, -0.05) is 54.6 Å². The highest BCUT2D eigenvalue weighted by Crippen LogP contribution is 2.28. The van der Waals surface area contributed by atoms with Crippen molar-refractivity contribution in [1.82, 2.24) is 4.98 Å². The summed E-state index contributed by atoms with van der Waals surface area (Å²) in [7, 11) is 0. The molecular formula is C30H26F3NO. The van der Waals surface area contributed by atoms with Crippen LogP contribution in [0.5, 0.6) is 5.75 Å². The highest BCUT2D eigenvalue weighted by atomic mass is 19.2. The average Bonchev–Trinajstić information content (AvgIpc) is 2.87. The van der Waals surface area contributed by atoms with Crippen LogP contribution < -0.4 is 4.74 Å². The Hall–Kier alpha value is -3.86. The molecular weight excluding hydrogens is 447 g/mol. The van der Waals surface area contributed by atoms with Gasteiger partial charge in [0.2, 0.25) is 0 Å². The lowest BCUT2D eigenvalue weighted by molar-refractivity contribution is 0.321. The van der Waals surface area contributed by atoms with Crippen LogP contribution in [-0.2, 0) is 12.8 Å². The number of hydrogen-bond acceptors (Lipinski definition) is 2. The molecule has 4 aromatic rings. The van der Waals surface area contributed by atoms with E-state index in [4.69, 9.17) is 4.74 Å². The summed E-state index contributed by atoms with van der Waals surface area (Å²) < 4.78 is 49.0. The zero-order valence-electron chi connectivity index (χ0n) is 19.7. The molecule has 1 aromatic heterocycles. The first-order valence-electron chi connectivity index (χ1n) is 11.6. The summed E-state index contributed by atoms with van der Waals surface area (Å²) in [6.45, 7) is 4.11. The molecule has 0 unspecified atom stereocenters. The Morgan fingerprint density at radius 2 is 1.60 bits per heavy atom. The van der Waals surface area contributed by atoms with Gasteiger partial charge in [-0.05, 0) is 78.8 Å². The van der Waals surface area contributed by atoms with Crippen LogP contribution in [0, 0.1) is 17.5 Å². The summed E-state index contributed by atoms with van der Waals surface area (Å²) in [6.07, 6.45) is 6.31. The zero-order valence-corrected chi connectivity index (χ0v) is 19.7. The van der Waals surface area contributed by atoms with Gasteiger partial charge in [-0.2, -0.15) is 0 Å². The molecule has 0 bridgehead atoms. The average molecular weight is 474 g/mol. The third-order valence-electron chi connectivity index (χ3n) is 5.79. The zero-order chi connectivity index (χ0) is 24.8. The van der Waals surface area contributed by atoms with E-state index in [-0.39, 0.29) is 11.3 Å². The Morgan fingerprint density at radius 1 is 0.829 bits per heavy atom. The van der Waals surface area contributed by atoms with Gasteiger partial charge in [-0.3, -0.25) is 4.98 Å². The van der Waals surface area contributed by atoms with Crippen molar-refractivity contribution in [2.24, 2.45) is 0 Å². The van der Waals surface area contributed by atoms with E-state index in [0.29, 0.717) is 30.7 Å². The number of ether oxygens (including phenoxy) is 1. The van der Waals surface area contributed by atoms with Crippen molar-refractivity contribution in [1.29, 1.82) is 0 Å². The molecule has 0 saturated carbocycles. The molecule has 178 valence electrons. The molecule has 0 N–H and O–H groups in total. The molecule has 0 aliphatic carbocycles. The van der Waals surface area contributed by atoms with Crippen LogP contribution in [0.15, 0.2) is 79.0 Å². The highest BCUT2D eigenvalue weighted by Gasteiger charge is 2.15. The summed E-state index contributed by atoms with van der Waals surface area (Å²) in [5.74, 6) is -1.90. The predicted octanol–water partition coefficient (Wildman–Crippen LogP) is 8.05. The Bertz CT molecular complexity index is 1330. The lowest BCUT2D eigenvalue weighted by Gasteiger charge is -2.10. The number of benzene rings is 3. The van der Waals surface area contributed by atoms with Crippen molar-refractivity contribution in [3.8, 4) is 28.1 Å². The van der Waals surface area contributed by atoms with E-state index in [1.54, 1.807) is 30.5 Å². The predicted molar refractivity (Wildman–Crippen MR) is 135 cm³/mol. The second-order valence-corrected chi connectivity index (χ2v) is 8.15. The quantitative estimate of drug-likeness (QED) is 0.258. The number of allylic oxidation sites excluding steroid dienone is 1. The number of aromatic nitrogens is 1. The maximum atomic E-state index is 14.8. The van der Waals surface area contributed by atoms with Gasteiger partial charge in [-0.25, -0.2) is 13.2 Å². The van der Waals surface area contributed by atoms with Crippen LogP contribution in [0.2, 0.25) is 0 Å². The maximum Gasteiger partial charge on any atom is 0.168 e. The van der Waals surface area contributed by atoms with Crippen molar-refractivity contribution < 1.29 is 17.9 Å². The Morgan fingerprint density at radius 3 is 2.26 bits per heavy atom. The standard InChI is InChI=1S/C30H26F3NO/c1-3-5-21-9-16-27(34-19-21)25-15-13-23(29(32)30(25)33)12-8-20-6-10-22(11-7-20)24-14-17-28(35-4-2)26(31)18-24/h3,5-7,9-11,13-19H,4,8,12H2,1-2H3/b5-3+. The molecule has 35 heavy (non-hydrogen) atoms. The number of rotatable bonds is 8. The maximum absolute atomic E-state index is 14.8. The largest absolute Gasteiger partial charge is 0.491 e. The van der Waals surface area contributed by atoms with Crippen LogP contribution in [0.1, 0.15) is 30.5 Å². The van der Waals surface area contributed by atoms with E-state index in [9.17, 15) is 13.2 Å². The second-order valence-electron chi connectivity index (χ2n) is 8.15. The third kappa shape index (κ3) is 5.62. The molecule has 5 heteroatoms. The molecule has 3 aromatic carbocycles. The summed E-state index contributed by atoms with van der Waals surface area (Å²) in [6, 6.07) is 19.2. The topological polar surface area (TPSA) is 22.1 Å². The van der Waals surface area contributed by atoms with Crippen molar-refractivity contribution in [3.05, 3.63) is 113 Å². The lowest BCUT2D eigenvalue weighted by Crippen LogP contribution is -2.00. The number of hydrogen-bond donors (Lipinski definition) is 0. The van der Waals surface area contributed by atoms with Gasteiger partial charge < -0.3 is 4.74 Å². The fourth-order valence-electron chi connectivity index (χ4n) is 3.93. The number of halogens is 3. The molecule has 0 radical (unpaired) electrons. The molecule has 0 saturated heterocycles. The summed E-state index contributed by atoms with van der Waals surface area (Å²) in [5, 5.41) is 0. The molecule has 2 nitrogen and oxygen atoms in total. The molecule has 0 amide bonds. The SMILES string of the molecule is C/C=C/c1ccc(-c2ccc(CCc3ccc(-c4ccc(OCC)c(F)c4)cc3)c(F)c2F)nc1. The number of nitrogens with zero attached hydrogens (tertiary/aromatic N) is 1. The number of pyridine rings is 1. The lowest BCUT2D eigenvalue weighted by atomic mass is 9.98. The van der Waals surface area contributed by atoms with Gasteiger partial charge >= 0.3 is 0 Å². The molecule has 0 fully saturated rings. The van der Waals surface area contributed by atoms with Gasteiger partial charge in [0.1, 0.15) is 0 Å². The minimum absolute atomic E-state index is 0.144. The normalized spacial score (nSPS) is 11.2. The van der Waals surface area contributed by atoms with E-state index in [1.165, 1.54) is 6.07 Å². The molecule has 4 rings (SSSR count). The van der Waals surface area contributed by atoms with Crippen LogP contribution in [0.4, 0.5) is 13.2 Å². The van der Waals surface area contributed by atoms with Crippen LogP contribution in [-0.4, -0.2) is 11.6 Å². The van der Waals surface area contributed by atoms with Crippen LogP contribution >= 0.6 is 0 Å². The van der Waals surface area contributed by atoms with E-state index in [0.717, 1.165) is 22.3 Å². The summed E-state index contributed by atoms with van der Waals surface area (Å²) >= 11 is 0. The van der Waals surface area contributed by atoms with Crippen molar-refractivity contribution in [2.75, 3.05) is 6.61 Å². The monoisotopic (exact) mass is 473 g/mol. The molecule has 0 atom stereocenters. The minimum atomic E-state index is -0.887. The Labute approximate surface area is 203 Å². The Balaban J connectivity index is 1.45. The van der Waals surface area contributed by atoms with Crippen LogP contribution in [0.3, 0.4) is 0 Å². The third-order valence-corrected chi connectivity index (χ3v) is 5.79. The van der Waals surface area contributed by atoms with Crippen molar-refractivity contribution in [3.63, 3.8) is 0 Å². The minimum Gasteiger partial charge on any atom is -0.491 e.